The molecule has 9 heteroatoms. The van der Waals surface area contributed by atoms with Gasteiger partial charge in [0.1, 0.15) is 6.04 Å². The average Bonchev–Trinajstić information content (AvgIpc) is 2.76. The van der Waals surface area contributed by atoms with Gasteiger partial charge in [0.15, 0.2) is 0 Å². The van der Waals surface area contributed by atoms with E-state index in [-0.39, 0.29) is 30.2 Å². The number of carbonyl (C=O) groups excluding carboxylic acids is 2. The van der Waals surface area contributed by atoms with Crippen LogP contribution >= 0.6 is 58.2 Å². The van der Waals surface area contributed by atoms with Crippen LogP contribution in [0.3, 0.4) is 0 Å². The summed E-state index contributed by atoms with van der Waals surface area (Å²) in [6.45, 7) is 5.91. The summed E-state index contributed by atoms with van der Waals surface area (Å²) in [7, 11) is 0. The number of nitrogens with one attached hydrogen (secondary N) is 1. The minimum absolute atomic E-state index is 0.0240. The standard InChI is InChI=1S/C23H26Cl4N2O2S/c1-4-14(2)28-23(31)15(3)29(11-16-5-7-18(24)20(26)9-16)22(30)13-32-12-17-6-8-19(25)21(27)10-17/h5-10,14-15H,4,11-13H2,1-3H3,(H,28,31)/t14-,15+/m0/s1. The number of benzene rings is 2. The van der Waals surface area contributed by atoms with Crippen molar-refractivity contribution >= 4 is 70.0 Å². The largest absolute Gasteiger partial charge is 0.352 e. The summed E-state index contributed by atoms with van der Waals surface area (Å²) in [5, 5.41) is 4.76. The zero-order valence-electron chi connectivity index (χ0n) is 18.1. The SMILES string of the molecule is CC[C@H](C)NC(=O)[C@@H](C)N(Cc1ccc(Cl)c(Cl)c1)C(=O)CSCc1ccc(Cl)c(Cl)c1. The van der Waals surface area contributed by atoms with Gasteiger partial charge in [-0.3, -0.25) is 9.59 Å². The molecule has 2 atom stereocenters. The number of carbonyl (C=O) groups is 2. The number of nitrogens with zero attached hydrogens (tertiary/aromatic N) is 1. The van der Waals surface area contributed by atoms with Crippen LogP contribution in [0.15, 0.2) is 36.4 Å². The van der Waals surface area contributed by atoms with Crippen molar-refractivity contribution in [3.8, 4) is 0 Å². The highest BCUT2D eigenvalue weighted by Crippen LogP contribution is 2.26. The summed E-state index contributed by atoms with van der Waals surface area (Å²) >= 11 is 25.6. The van der Waals surface area contributed by atoms with Crippen LogP contribution in [-0.4, -0.2) is 34.6 Å². The number of rotatable bonds is 10. The molecule has 0 aliphatic heterocycles. The Morgan fingerprint density at radius 2 is 1.50 bits per heavy atom. The van der Waals surface area contributed by atoms with Crippen LogP contribution < -0.4 is 5.32 Å². The fourth-order valence-electron chi connectivity index (χ4n) is 2.85. The maximum Gasteiger partial charge on any atom is 0.242 e. The summed E-state index contributed by atoms with van der Waals surface area (Å²) < 4.78 is 0. The molecular weight excluding hydrogens is 510 g/mol. The van der Waals surface area contributed by atoms with E-state index >= 15 is 0 Å². The molecule has 0 aliphatic rings. The van der Waals surface area contributed by atoms with Crippen LogP contribution in [0.5, 0.6) is 0 Å². The van der Waals surface area contributed by atoms with Crippen LogP contribution in [0.2, 0.25) is 20.1 Å². The highest BCUT2D eigenvalue weighted by atomic mass is 35.5. The molecule has 2 aromatic carbocycles. The molecule has 0 fully saturated rings. The molecule has 1 N–H and O–H groups in total. The molecule has 0 aliphatic carbocycles. The van der Waals surface area contributed by atoms with Gasteiger partial charge < -0.3 is 10.2 Å². The van der Waals surface area contributed by atoms with E-state index in [0.29, 0.717) is 25.8 Å². The van der Waals surface area contributed by atoms with Crippen molar-refractivity contribution in [3.05, 3.63) is 67.6 Å². The Morgan fingerprint density at radius 1 is 0.938 bits per heavy atom. The van der Waals surface area contributed by atoms with Gasteiger partial charge in [0, 0.05) is 18.3 Å². The fraction of sp³-hybridized carbons (Fsp3) is 0.391. The van der Waals surface area contributed by atoms with E-state index in [4.69, 9.17) is 46.4 Å². The highest BCUT2D eigenvalue weighted by Gasteiger charge is 2.26. The van der Waals surface area contributed by atoms with Gasteiger partial charge in [-0.25, -0.2) is 0 Å². The highest BCUT2D eigenvalue weighted by molar-refractivity contribution is 7.99. The van der Waals surface area contributed by atoms with Crippen LogP contribution in [-0.2, 0) is 21.9 Å². The fourth-order valence-corrected chi connectivity index (χ4v) is 4.35. The third kappa shape index (κ3) is 8.03. The maximum absolute atomic E-state index is 13.1. The van der Waals surface area contributed by atoms with E-state index in [2.05, 4.69) is 5.32 Å². The van der Waals surface area contributed by atoms with Crippen LogP contribution in [0, 0.1) is 0 Å². The third-order valence-electron chi connectivity index (χ3n) is 4.98. The van der Waals surface area contributed by atoms with Crippen molar-refractivity contribution in [2.75, 3.05) is 5.75 Å². The molecule has 174 valence electrons. The number of thioether (sulfide) groups is 1. The Kier molecular flexibility index (Phi) is 11.0. The van der Waals surface area contributed by atoms with Gasteiger partial charge in [-0.1, -0.05) is 65.5 Å². The predicted molar refractivity (Wildman–Crippen MR) is 137 cm³/mol. The van der Waals surface area contributed by atoms with Crippen LogP contribution in [0.25, 0.3) is 0 Å². The quantitative estimate of drug-likeness (QED) is 0.361. The average molecular weight is 536 g/mol. The van der Waals surface area contributed by atoms with Gasteiger partial charge in [0.25, 0.3) is 0 Å². The first kappa shape index (κ1) is 27.1. The number of hydrogen-bond acceptors (Lipinski definition) is 3. The number of amides is 2. The molecule has 0 heterocycles. The van der Waals surface area contributed by atoms with Crippen molar-refractivity contribution in [2.45, 2.75) is 51.6 Å². The summed E-state index contributed by atoms with van der Waals surface area (Å²) in [6.07, 6.45) is 0.804. The lowest BCUT2D eigenvalue weighted by Gasteiger charge is -2.29. The van der Waals surface area contributed by atoms with Crippen molar-refractivity contribution in [1.29, 1.82) is 0 Å². The normalized spacial score (nSPS) is 12.8. The molecule has 0 aromatic heterocycles. The molecular formula is C23H26Cl4N2O2S. The minimum Gasteiger partial charge on any atom is -0.352 e. The van der Waals surface area contributed by atoms with Crippen molar-refractivity contribution in [2.24, 2.45) is 0 Å². The molecule has 0 saturated carbocycles. The third-order valence-corrected chi connectivity index (χ3v) is 7.45. The Morgan fingerprint density at radius 3 is 2.06 bits per heavy atom. The lowest BCUT2D eigenvalue weighted by molar-refractivity contribution is -0.138. The first-order chi connectivity index (χ1) is 15.1. The van der Waals surface area contributed by atoms with Crippen LogP contribution in [0.4, 0.5) is 0 Å². The van der Waals surface area contributed by atoms with Gasteiger partial charge in [-0.2, -0.15) is 0 Å². The summed E-state index contributed by atoms with van der Waals surface area (Å²) in [5.41, 5.74) is 1.77. The second-order valence-corrected chi connectivity index (χ2v) is 10.1. The Hall–Kier alpha value is -1.11. The molecule has 0 radical (unpaired) electrons. The molecule has 0 unspecified atom stereocenters. The second-order valence-electron chi connectivity index (χ2n) is 7.51. The molecule has 0 spiro atoms. The molecule has 32 heavy (non-hydrogen) atoms. The summed E-state index contributed by atoms with van der Waals surface area (Å²) in [5.74, 6) is 0.467. The lowest BCUT2D eigenvalue weighted by Crippen LogP contribution is -2.50. The van der Waals surface area contributed by atoms with Gasteiger partial charge in [0.2, 0.25) is 11.8 Å². The van der Waals surface area contributed by atoms with E-state index in [9.17, 15) is 9.59 Å². The number of halogens is 4. The van der Waals surface area contributed by atoms with Gasteiger partial charge in [0.05, 0.1) is 25.8 Å². The Bertz CT molecular complexity index is 958. The molecule has 2 amide bonds. The summed E-state index contributed by atoms with van der Waals surface area (Å²) in [4.78, 5) is 27.4. The molecule has 0 saturated heterocycles. The van der Waals surface area contributed by atoms with Crippen molar-refractivity contribution in [3.63, 3.8) is 0 Å². The molecule has 0 bridgehead atoms. The minimum atomic E-state index is -0.642. The lowest BCUT2D eigenvalue weighted by atomic mass is 10.1. The van der Waals surface area contributed by atoms with E-state index in [0.717, 1.165) is 17.5 Å². The second kappa shape index (κ2) is 13.0. The van der Waals surface area contributed by atoms with E-state index in [1.165, 1.54) is 11.8 Å². The predicted octanol–water partition coefficient (Wildman–Crippen LogP) is 6.87. The Labute approximate surface area is 213 Å². The monoisotopic (exact) mass is 534 g/mol. The van der Waals surface area contributed by atoms with Gasteiger partial charge in [-0.15, -0.1) is 11.8 Å². The topological polar surface area (TPSA) is 49.4 Å². The first-order valence-corrected chi connectivity index (χ1v) is 12.8. The van der Waals surface area contributed by atoms with Crippen molar-refractivity contribution < 1.29 is 9.59 Å². The smallest absolute Gasteiger partial charge is 0.242 e. The Balaban J connectivity index is 2.12. The maximum atomic E-state index is 13.1. The zero-order valence-corrected chi connectivity index (χ0v) is 22.0. The van der Waals surface area contributed by atoms with E-state index in [1.54, 1.807) is 42.2 Å². The van der Waals surface area contributed by atoms with Gasteiger partial charge in [-0.05, 0) is 55.7 Å². The van der Waals surface area contributed by atoms with E-state index in [1.807, 2.05) is 19.9 Å². The van der Waals surface area contributed by atoms with E-state index < -0.39 is 6.04 Å². The van der Waals surface area contributed by atoms with Crippen LogP contribution in [0.1, 0.15) is 38.3 Å². The zero-order chi connectivity index (χ0) is 23.8. The molecule has 2 aromatic rings. The van der Waals surface area contributed by atoms with Crippen molar-refractivity contribution in [1.82, 2.24) is 10.2 Å². The van der Waals surface area contributed by atoms with Gasteiger partial charge >= 0.3 is 0 Å². The molecule has 2 rings (SSSR count). The number of hydrogen-bond donors (Lipinski definition) is 1. The molecule has 4 nitrogen and oxygen atoms in total. The first-order valence-electron chi connectivity index (χ1n) is 10.2. The summed E-state index contributed by atoms with van der Waals surface area (Å²) in [6, 6.07) is 9.98.